The normalized spacial score (nSPS) is 17.0. The molecule has 0 aromatic heterocycles. The average molecular weight is 664 g/mol. The van der Waals surface area contributed by atoms with Crippen molar-refractivity contribution < 1.29 is 53.3 Å². The molecular formula is C31H45N5O11. The Balaban J connectivity index is 0.00000260. The van der Waals surface area contributed by atoms with Crippen molar-refractivity contribution in [3.63, 3.8) is 0 Å². The van der Waals surface area contributed by atoms with Crippen LogP contribution in [0, 0.1) is 5.92 Å². The summed E-state index contributed by atoms with van der Waals surface area (Å²) in [7, 11) is 0. The van der Waals surface area contributed by atoms with Crippen molar-refractivity contribution in [1.82, 2.24) is 20.9 Å². The number of carboxylic acids is 2. The number of ether oxygens (including phenoxy) is 1. The van der Waals surface area contributed by atoms with Crippen molar-refractivity contribution >= 4 is 47.9 Å². The Hall–Kier alpha value is -5.02. The van der Waals surface area contributed by atoms with E-state index in [1.807, 2.05) is 44.2 Å². The molecular weight excluding hydrogens is 618 g/mol. The Morgan fingerprint density at radius 3 is 2.23 bits per heavy atom. The zero-order chi connectivity index (χ0) is 35.5. The fourth-order valence-electron chi connectivity index (χ4n) is 4.56. The number of carboxylic acid groups (broad SMARTS) is 2. The molecule has 5 atom stereocenters. The molecule has 0 spiro atoms. The van der Waals surface area contributed by atoms with Crippen molar-refractivity contribution in [3.8, 4) is 0 Å². The van der Waals surface area contributed by atoms with Crippen molar-refractivity contribution in [1.29, 1.82) is 0 Å². The molecule has 0 radical (unpaired) electrons. The van der Waals surface area contributed by atoms with Crippen LogP contribution in [-0.2, 0) is 44.7 Å². The van der Waals surface area contributed by atoms with Crippen LogP contribution in [0.5, 0.6) is 0 Å². The van der Waals surface area contributed by atoms with E-state index in [1.54, 1.807) is 0 Å². The molecule has 260 valence electrons. The van der Waals surface area contributed by atoms with Gasteiger partial charge >= 0.3 is 18.0 Å². The molecule has 1 aromatic carbocycles. The van der Waals surface area contributed by atoms with Gasteiger partial charge in [-0.05, 0) is 24.3 Å². The Kier molecular flexibility index (Phi) is 17.8. The lowest BCUT2D eigenvalue weighted by Crippen LogP contribution is -2.55. The van der Waals surface area contributed by atoms with Crippen molar-refractivity contribution in [2.75, 3.05) is 13.1 Å². The molecule has 1 fully saturated rings. The third-order valence-electron chi connectivity index (χ3n) is 7.05. The zero-order valence-electron chi connectivity index (χ0n) is 26.8. The average Bonchev–Trinajstić information content (AvgIpc) is 3.42. The molecule has 7 N–H and O–H groups in total. The molecule has 5 amide bonds. The minimum Gasteiger partial charge on any atom is -0.481 e. The molecule has 5 unspecified atom stereocenters. The van der Waals surface area contributed by atoms with E-state index in [0.29, 0.717) is 12.8 Å². The second-order valence-corrected chi connectivity index (χ2v) is 11.2. The number of aliphatic carboxylic acids is 2. The SMILES string of the molecule is CC(N)=O.CCC(C)CC(=O)NC(CCC(=O)O)C(=O)N1CC(OC(=O)NCCc2ccccc2)CC1C(=O)NC(C=O)CC(=O)O. The molecule has 2 rings (SSSR count). The van der Waals surface area contributed by atoms with Crippen LogP contribution in [-0.4, -0.2) is 100 Å². The lowest BCUT2D eigenvalue weighted by molar-refractivity contribution is -0.144. The van der Waals surface area contributed by atoms with Crippen molar-refractivity contribution in [2.24, 2.45) is 11.7 Å². The Morgan fingerprint density at radius 1 is 1.04 bits per heavy atom. The maximum absolute atomic E-state index is 13.7. The Labute approximate surface area is 272 Å². The summed E-state index contributed by atoms with van der Waals surface area (Å²) < 4.78 is 5.46. The first-order chi connectivity index (χ1) is 22.2. The Morgan fingerprint density at radius 2 is 1.68 bits per heavy atom. The van der Waals surface area contributed by atoms with Gasteiger partial charge in [0, 0.05) is 32.7 Å². The van der Waals surface area contributed by atoms with Gasteiger partial charge in [0.1, 0.15) is 24.5 Å². The van der Waals surface area contributed by atoms with Gasteiger partial charge in [0.25, 0.3) is 0 Å². The number of nitrogens with zero attached hydrogens (tertiary/aromatic N) is 1. The molecule has 47 heavy (non-hydrogen) atoms. The van der Waals surface area contributed by atoms with Gasteiger partial charge in [-0.3, -0.25) is 28.8 Å². The number of primary amides is 1. The molecule has 16 heteroatoms. The number of carbonyl (C=O) groups is 8. The lowest BCUT2D eigenvalue weighted by Gasteiger charge is -2.29. The third kappa shape index (κ3) is 16.2. The smallest absolute Gasteiger partial charge is 0.407 e. The number of likely N-dealkylation sites (tertiary alicyclic amines) is 1. The summed E-state index contributed by atoms with van der Waals surface area (Å²) in [5.41, 5.74) is 5.46. The van der Waals surface area contributed by atoms with Crippen LogP contribution in [0.2, 0.25) is 0 Å². The number of hydrogen-bond donors (Lipinski definition) is 6. The number of aldehydes is 1. The summed E-state index contributed by atoms with van der Waals surface area (Å²) in [4.78, 5) is 96.0. The van der Waals surface area contributed by atoms with Gasteiger partial charge < -0.3 is 46.3 Å². The zero-order valence-corrected chi connectivity index (χ0v) is 26.8. The summed E-state index contributed by atoms with van der Waals surface area (Å²) in [5, 5.41) is 25.7. The number of rotatable bonds is 17. The van der Waals surface area contributed by atoms with E-state index in [2.05, 4.69) is 21.7 Å². The monoisotopic (exact) mass is 663 g/mol. The van der Waals surface area contributed by atoms with Gasteiger partial charge in [-0.15, -0.1) is 0 Å². The second-order valence-electron chi connectivity index (χ2n) is 11.2. The molecule has 1 aliphatic heterocycles. The lowest BCUT2D eigenvalue weighted by atomic mass is 10.0. The number of nitrogens with one attached hydrogen (secondary N) is 3. The highest BCUT2D eigenvalue weighted by Gasteiger charge is 2.44. The fourth-order valence-corrected chi connectivity index (χ4v) is 4.56. The van der Waals surface area contributed by atoms with Crippen molar-refractivity contribution in [3.05, 3.63) is 35.9 Å². The van der Waals surface area contributed by atoms with Crippen LogP contribution in [0.3, 0.4) is 0 Å². The summed E-state index contributed by atoms with van der Waals surface area (Å²) >= 11 is 0. The standard InChI is InChI=1S/C29H40N4O10.C2H5NO/c1-3-18(2)13-24(35)32-22(9-10-25(36)37)28(41)33-16-21(15-23(33)27(40)31-20(17-34)14-26(38)39)43-29(42)30-12-11-19-7-5-4-6-8-19;1-2(3)4/h4-8,17-18,20-23H,3,9-16H2,1-2H3,(H,30,42)(H,31,40)(H,32,35)(H,36,37)(H,38,39);1H3,(H2,3,4). The quantitative estimate of drug-likeness (QED) is 0.124. The minimum atomic E-state index is -1.37. The predicted octanol–water partition coefficient (Wildman–Crippen LogP) is 0.361. The largest absolute Gasteiger partial charge is 0.481 e. The van der Waals surface area contributed by atoms with Gasteiger partial charge in [0.15, 0.2) is 0 Å². The molecule has 1 saturated heterocycles. The number of benzene rings is 1. The van der Waals surface area contributed by atoms with Crippen LogP contribution in [0.25, 0.3) is 0 Å². The molecule has 1 aliphatic rings. The topological polar surface area (TPSA) is 252 Å². The highest BCUT2D eigenvalue weighted by Crippen LogP contribution is 2.23. The summed E-state index contributed by atoms with van der Waals surface area (Å²) in [6.07, 6.45) is -1.70. The van der Waals surface area contributed by atoms with Crippen LogP contribution in [0.4, 0.5) is 4.79 Å². The van der Waals surface area contributed by atoms with Crippen LogP contribution >= 0.6 is 0 Å². The molecule has 1 heterocycles. The van der Waals surface area contributed by atoms with E-state index in [0.717, 1.165) is 10.5 Å². The van der Waals surface area contributed by atoms with Crippen LogP contribution in [0.1, 0.15) is 64.9 Å². The van der Waals surface area contributed by atoms with Gasteiger partial charge in [-0.2, -0.15) is 0 Å². The van der Waals surface area contributed by atoms with Gasteiger partial charge in [0.2, 0.25) is 23.6 Å². The van der Waals surface area contributed by atoms with Gasteiger partial charge in [-0.1, -0.05) is 50.6 Å². The molecule has 16 nitrogen and oxygen atoms in total. The first-order valence-electron chi connectivity index (χ1n) is 15.2. The van der Waals surface area contributed by atoms with E-state index in [4.69, 9.17) is 9.84 Å². The van der Waals surface area contributed by atoms with Gasteiger partial charge in [-0.25, -0.2) is 4.79 Å². The minimum absolute atomic E-state index is 0.00762. The fraction of sp³-hybridized carbons (Fsp3) is 0.548. The van der Waals surface area contributed by atoms with E-state index in [1.165, 1.54) is 6.92 Å². The highest BCUT2D eigenvalue weighted by molar-refractivity contribution is 5.94. The number of amides is 5. The van der Waals surface area contributed by atoms with E-state index in [-0.39, 0.29) is 50.5 Å². The first-order valence-corrected chi connectivity index (χ1v) is 15.2. The molecule has 1 aromatic rings. The number of alkyl carbamates (subject to hydrolysis) is 1. The van der Waals surface area contributed by atoms with Crippen LogP contribution < -0.4 is 21.7 Å². The highest BCUT2D eigenvalue weighted by atomic mass is 16.6. The Bertz CT molecular complexity index is 1240. The van der Waals surface area contributed by atoms with E-state index < -0.39 is 72.8 Å². The first kappa shape index (κ1) is 40.0. The number of hydrogen-bond acceptors (Lipinski definition) is 9. The van der Waals surface area contributed by atoms with Gasteiger partial charge in [0.05, 0.1) is 19.0 Å². The predicted molar refractivity (Wildman–Crippen MR) is 167 cm³/mol. The number of carbonyl (C=O) groups excluding carboxylic acids is 6. The summed E-state index contributed by atoms with van der Waals surface area (Å²) in [5.74, 6) is -4.94. The molecule has 0 saturated carbocycles. The maximum Gasteiger partial charge on any atom is 0.407 e. The van der Waals surface area contributed by atoms with Crippen LogP contribution in [0.15, 0.2) is 30.3 Å². The summed E-state index contributed by atoms with van der Waals surface area (Å²) in [6, 6.07) is 5.45. The maximum atomic E-state index is 13.7. The molecule has 0 aliphatic carbocycles. The number of nitrogens with two attached hydrogens (primary N) is 1. The van der Waals surface area contributed by atoms with Crippen molar-refractivity contribution in [2.45, 2.75) is 89.9 Å². The summed E-state index contributed by atoms with van der Waals surface area (Å²) in [6.45, 7) is 5.06. The van der Waals surface area contributed by atoms with E-state index >= 15 is 0 Å². The molecule has 0 bridgehead atoms. The third-order valence-corrected chi connectivity index (χ3v) is 7.05. The second kappa shape index (κ2) is 20.9. The van der Waals surface area contributed by atoms with E-state index in [9.17, 15) is 43.5 Å².